The van der Waals surface area contributed by atoms with E-state index in [-0.39, 0.29) is 5.97 Å². The molecule has 2 heterocycles. The molecule has 1 aromatic heterocycles. The first kappa shape index (κ1) is 9.45. The van der Waals surface area contributed by atoms with Gasteiger partial charge in [0.25, 0.3) is 0 Å². The monoisotopic (exact) mass is 212 g/mol. The highest BCUT2D eigenvalue weighted by atomic mass is 32.1. The second kappa shape index (κ2) is 3.96. The number of ether oxygens (including phenoxy) is 1. The molecule has 1 aliphatic heterocycles. The first-order valence-electron chi connectivity index (χ1n) is 4.72. The summed E-state index contributed by atoms with van der Waals surface area (Å²) < 4.78 is 4.89. The second-order valence-electron chi connectivity index (χ2n) is 3.05. The van der Waals surface area contributed by atoms with Crippen molar-refractivity contribution < 1.29 is 9.53 Å². The van der Waals surface area contributed by atoms with E-state index in [1.54, 1.807) is 6.92 Å². The summed E-state index contributed by atoms with van der Waals surface area (Å²) in [7, 11) is 0. The number of nitrogens with zero attached hydrogens (tertiary/aromatic N) is 1. The van der Waals surface area contributed by atoms with Gasteiger partial charge in [0, 0.05) is 6.54 Å². The number of rotatable bonds is 2. The van der Waals surface area contributed by atoms with Gasteiger partial charge in [-0.1, -0.05) is 11.3 Å². The van der Waals surface area contributed by atoms with E-state index in [2.05, 4.69) is 10.3 Å². The van der Waals surface area contributed by atoms with Crippen LogP contribution >= 0.6 is 11.3 Å². The molecule has 0 saturated carbocycles. The summed E-state index contributed by atoms with van der Waals surface area (Å²) in [5.41, 5.74) is 1.00. The molecule has 1 aliphatic rings. The molecule has 0 spiro atoms. The molecule has 5 heteroatoms. The fraction of sp³-hybridized carbons (Fsp3) is 0.556. The largest absolute Gasteiger partial charge is 0.461 e. The van der Waals surface area contributed by atoms with Crippen molar-refractivity contribution in [2.75, 3.05) is 18.5 Å². The highest BCUT2D eigenvalue weighted by molar-refractivity contribution is 7.17. The van der Waals surface area contributed by atoms with Crippen LogP contribution in [0.3, 0.4) is 0 Å². The topological polar surface area (TPSA) is 51.2 Å². The minimum Gasteiger partial charge on any atom is -0.461 e. The number of anilines is 1. The number of thiazole rings is 1. The van der Waals surface area contributed by atoms with Crippen LogP contribution in [0.25, 0.3) is 0 Å². The van der Waals surface area contributed by atoms with E-state index >= 15 is 0 Å². The number of aryl methyl sites for hydroxylation is 1. The van der Waals surface area contributed by atoms with E-state index in [9.17, 15) is 4.79 Å². The SMILES string of the molecule is CCOC(=O)c1nc2c(s1)NCCC2. The van der Waals surface area contributed by atoms with Gasteiger partial charge in [0.05, 0.1) is 12.3 Å². The number of hydrogen-bond donors (Lipinski definition) is 1. The summed E-state index contributed by atoms with van der Waals surface area (Å²) in [6.07, 6.45) is 2.04. The molecule has 0 radical (unpaired) electrons. The second-order valence-corrected chi connectivity index (χ2v) is 4.04. The van der Waals surface area contributed by atoms with Crippen molar-refractivity contribution in [3.8, 4) is 0 Å². The van der Waals surface area contributed by atoms with Gasteiger partial charge in [0.1, 0.15) is 5.00 Å². The molecule has 0 saturated heterocycles. The summed E-state index contributed by atoms with van der Waals surface area (Å²) in [6.45, 7) is 3.16. The van der Waals surface area contributed by atoms with Crippen molar-refractivity contribution in [2.24, 2.45) is 0 Å². The van der Waals surface area contributed by atoms with Crippen molar-refractivity contribution in [1.29, 1.82) is 0 Å². The van der Waals surface area contributed by atoms with Crippen LogP contribution in [-0.2, 0) is 11.2 Å². The van der Waals surface area contributed by atoms with E-state index < -0.39 is 0 Å². The molecule has 1 aromatic rings. The Morgan fingerprint density at radius 2 is 2.57 bits per heavy atom. The third-order valence-electron chi connectivity index (χ3n) is 2.02. The molecule has 0 aromatic carbocycles. The Bertz CT molecular complexity index is 325. The van der Waals surface area contributed by atoms with Gasteiger partial charge in [-0.25, -0.2) is 9.78 Å². The van der Waals surface area contributed by atoms with Gasteiger partial charge in [-0.3, -0.25) is 0 Å². The van der Waals surface area contributed by atoms with Gasteiger partial charge in [-0.15, -0.1) is 0 Å². The molecular weight excluding hydrogens is 200 g/mol. The maximum atomic E-state index is 11.4. The molecule has 0 fully saturated rings. The Morgan fingerprint density at radius 1 is 1.71 bits per heavy atom. The average molecular weight is 212 g/mol. The molecule has 0 bridgehead atoms. The lowest BCUT2D eigenvalue weighted by atomic mass is 10.2. The number of hydrogen-bond acceptors (Lipinski definition) is 5. The number of esters is 1. The first-order valence-corrected chi connectivity index (χ1v) is 5.53. The van der Waals surface area contributed by atoms with Gasteiger partial charge in [-0.2, -0.15) is 0 Å². The molecule has 0 amide bonds. The normalized spacial score (nSPS) is 14.4. The van der Waals surface area contributed by atoms with E-state index in [4.69, 9.17) is 4.74 Å². The predicted octanol–water partition coefficient (Wildman–Crippen LogP) is 1.68. The van der Waals surface area contributed by atoms with Crippen LogP contribution in [0.4, 0.5) is 5.00 Å². The number of fused-ring (bicyclic) bond motifs is 1. The molecule has 2 rings (SSSR count). The summed E-state index contributed by atoms with van der Waals surface area (Å²) >= 11 is 1.39. The van der Waals surface area contributed by atoms with Gasteiger partial charge < -0.3 is 10.1 Å². The maximum Gasteiger partial charge on any atom is 0.367 e. The summed E-state index contributed by atoms with van der Waals surface area (Å²) in [4.78, 5) is 15.6. The fourth-order valence-corrected chi connectivity index (χ4v) is 2.33. The molecule has 0 unspecified atom stereocenters. The molecular formula is C9H12N2O2S. The first-order chi connectivity index (χ1) is 6.81. The molecule has 0 atom stereocenters. The van der Waals surface area contributed by atoms with Crippen LogP contribution < -0.4 is 5.32 Å². The third-order valence-corrected chi connectivity index (χ3v) is 3.06. The Kier molecular flexibility index (Phi) is 2.67. The van der Waals surface area contributed by atoms with E-state index in [0.29, 0.717) is 11.6 Å². The standard InChI is InChI=1S/C9H12N2O2S/c1-2-13-9(12)8-11-6-4-3-5-10-7(6)14-8/h10H,2-5H2,1H3. The van der Waals surface area contributed by atoms with Crippen LogP contribution in [0.5, 0.6) is 0 Å². The highest BCUT2D eigenvalue weighted by Gasteiger charge is 2.19. The third kappa shape index (κ3) is 1.72. The summed E-state index contributed by atoms with van der Waals surface area (Å²) in [5, 5.41) is 4.72. The Balaban J connectivity index is 2.19. The minimum absolute atomic E-state index is 0.311. The lowest BCUT2D eigenvalue weighted by molar-refractivity contribution is 0.0525. The molecule has 1 N–H and O–H groups in total. The highest BCUT2D eigenvalue weighted by Crippen LogP contribution is 2.28. The average Bonchev–Trinajstić information content (AvgIpc) is 2.61. The van der Waals surface area contributed by atoms with E-state index in [0.717, 1.165) is 30.1 Å². The molecule has 4 nitrogen and oxygen atoms in total. The smallest absolute Gasteiger partial charge is 0.367 e. The minimum atomic E-state index is -0.311. The van der Waals surface area contributed by atoms with Crippen molar-refractivity contribution in [3.63, 3.8) is 0 Å². The summed E-state index contributed by atoms with van der Waals surface area (Å²) in [6, 6.07) is 0. The van der Waals surface area contributed by atoms with Crippen LogP contribution in [0.1, 0.15) is 28.8 Å². The van der Waals surface area contributed by atoms with E-state index in [1.807, 2.05) is 0 Å². The van der Waals surface area contributed by atoms with Crippen LogP contribution in [-0.4, -0.2) is 24.1 Å². The quantitative estimate of drug-likeness (QED) is 0.758. The van der Waals surface area contributed by atoms with Crippen LogP contribution in [0.2, 0.25) is 0 Å². The lowest BCUT2D eigenvalue weighted by Crippen LogP contribution is -2.09. The molecule has 14 heavy (non-hydrogen) atoms. The molecule has 0 aliphatic carbocycles. The van der Waals surface area contributed by atoms with Crippen molar-refractivity contribution in [2.45, 2.75) is 19.8 Å². The van der Waals surface area contributed by atoms with Gasteiger partial charge in [-0.05, 0) is 19.8 Å². The van der Waals surface area contributed by atoms with Crippen molar-refractivity contribution >= 4 is 22.3 Å². The zero-order chi connectivity index (χ0) is 9.97. The number of nitrogens with one attached hydrogen (secondary N) is 1. The maximum absolute atomic E-state index is 11.4. The Morgan fingerprint density at radius 3 is 3.29 bits per heavy atom. The van der Waals surface area contributed by atoms with Gasteiger partial charge in [0.15, 0.2) is 0 Å². The van der Waals surface area contributed by atoms with Gasteiger partial charge in [0.2, 0.25) is 5.01 Å². The van der Waals surface area contributed by atoms with Crippen molar-refractivity contribution in [1.82, 2.24) is 4.98 Å². The van der Waals surface area contributed by atoms with Crippen LogP contribution in [0.15, 0.2) is 0 Å². The Hall–Kier alpha value is -1.10. The number of aromatic nitrogens is 1. The van der Waals surface area contributed by atoms with Gasteiger partial charge >= 0.3 is 5.97 Å². The Labute approximate surface area is 86.3 Å². The lowest BCUT2D eigenvalue weighted by Gasteiger charge is -2.10. The van der Waals surface area contributed by atoms with Crippen LogP contribution in [0, 0.1) is 0 Å². The summed E-state index contributed by atoms with van der Waals surface area (Å²) in [5.74, 6) is -0.311. The van der Waals surface area contributed by atoms with Crippen molar-refractivity contribution in [3.05, 3.63) is 10.7 Å². The zero-order valence-electron chi connectivity index (χ0n) is 8.00. The van der Waals surface area contributed by atoms with E-state index in [1.165, 1.54) is 11.3 Å². The molecule has 76 valence electrons. The fourth-order valence-electron chi connectivity index (χ4n) is 1.40. The number of carbonyl (C=O) groups is 1. The predicted molar refractivity (Wildman–Crippen MR) is 54.9 cm³/mol. The zero-order valence-corrected chi connectivity index (χ0v) is 8.82. The number of carbonyl (C=O) groups excluding carboxylic acids is 1.